The lowest BCUT2D eigenvalue weighted by Crippen LogP contribution is -2.49. The third-order valence-electron chi connectivity index (χ3n) is 8.13. The highest BCUT2D eigenvalue weighted by atomic mass is 35.5. The highest BCUT2D eigenvalue weighted by Crippen LogP contribution is 2.56. The van der Waals surface area contributed by atoms with Gasteiger partial charge in [0.25, 0.3) is 5.91 Å². The predicted octanol–water partition coefficient (Wildman–Crippen LogP) is 4.49. The second-order valence-corrected chi connectivity index (χ2v) is 10.6. The summed E-state index contributed by atoms with van der Waals surface area (Å²) in [5.74, 6) is -0.172. The molecule has 2 heterocycles. The van der Waals surface area contributed by atoms with Gasteiger partial charge < -0.3 is 9.80 Å². The van der Waals surface area contributed by atoms with Gasteiger partial charge in [0.2, 0.25) is 11.8 Å². The van der Waals surface area contributed by atoms with Crippen LogP contribution in [0.2, 0.25) is 10.0 Å². The highest BCUT2D eigenvalue weighted by molar-refractivity contribution is 6.34. The van der Waals surface area contributed by atoms with Crippen molar-refractivity contribution in [3.63, 3.8) is 0 Å². The Morgan fingerprint density at radius 2 is 1.47 bits per heavy atom. The Hall–Kier alpha value is -2.57. The molecule has 4 atom stereocenters. The lowest BCUT2D eigenvalue weighted by Gasteiger charge is -2.36. The molecule has 0 spiro atoms. The van der Waals surface area contributed by atoms with E-state index >= 15 is 0 Å². The average molecular weight is 498 g/mol. The first-order chi connectivity index (χ1) is 16.4. The van der Waals surface area contributed by atoms with E-state index in [9.17, 15) is 14.4 Å². The smallest absolute Gasteiger partial charge is 0.255 e. The number of rotatable bonds is 3. The molecule has 34 heavy (non-hydrogen) atoms. The van der Waals surface area contributed by atoms with Gasteiger partial charge >= 0.3 is 0 Å². The minimum Gasteiger partial charge on any atom is -0.367 e. The number of imide groups is 1. The van der Waals surface area contributed by atoms with Crippen molar-refractivity contribution in [1.82, 2.24) is 4.90 Å². The summed E-state index contributed by atoms with van der Waals surface area (Å²) in [6.45, 7) is 2.36. The molecule has 6 nitrogen and oxygen atoms in total. The second-order valence-electron chi connectivity index (χ2n) is 9.79. The molecule has 4 fully saturated rings. The van der Waals surface area contributed by atoms with Crippen molar-refractivity contribution in [3.8, 4) is 0 Å². The molecule has 0 N–H and O–H groups in total. The van der Waals surface area contributed by atoms with Crippen LogP contribution in [0.1, 0.15) is 29.6 Å². The van der Waals surface area contributed by atoms with Crippen molar-refractivity contribution in [2.24, 2.45) is 23.7 Å². The van der Waals surface area contributed by atoms with Crippen molar-refractivity contribution < 1.29 is 14.4 Å². The van der Waals surface area contributed by atoms with E-state index in [1.807, 2.05) is 24.3 Å². The van der Waals surface area contributed by atoms with Crippen molar-refractivity contribution >= 4 is 52.3 Å². The summed E-state index contributed by atoms with van der Waals surface area (Å²) >= 11 is 12.8. The maximum atomic E-state index is 13.4. The second kappa shape index (κ2) is 8.28. The Bertz CT molecular complexity index is 1170. The Morgan fingerprint density at radius 3 is 2.12 bits per heavy atom. The van der Waals surface area contributed by atoms with Crippen LogP contribution in [0, 0.1) is 23.7 Å². The number of piperazine rings is 1. The first kappa shape index (κ1) is 21.9. The number of halogens is 2. The molecule has 6 rings (SSSR count). The Kier molecular flexibility index (Phi) is 5.34. The van der Waals surface area contributed by atoms with Gasteiger partial charge in [-0.05, 0) is 61.4 Å². The van der Waals surface area contributed by atoms with E-state index in [1.165, 1.54) is 4.90 Å². The van der Waals surface area contributed by atoms with Gasteiger partial charge in [-0.3, -0.25) is 19.3 Å². The molecule has 2 aromatic carbocycles. The molecule has 2 bridgehead atoms. The maximum absolute atomic E-state index is 13.4. The van der Waals surface area contributed by atoms with Gasteiger partial charge in [0.15, 0.2) is 0 Å². The number of amides is 3. The normalized spacial score (nSPS) is 28.1. The zero-order chi connectivity index (χ0) is 23.6. The third kappa shape index (κ3) is 3.34. The van der Waals surface area contributed by atoms with Crippen LogP contribution in [0.3, 0.4) is 0 Å². The molecular weight excluding hydrogens is 473 g/mol. The SMILES string of the molecule is O=C(c1cc(N2C(=O)[C@H]3[C@H]4CC[C@@H](C4)[C@@H]3C2=O)ccc1Cl)N1CCN(c2ccccc2Cl)CC1. The van der Waals surface area contributed by atoms with Crippen molar-refractivity contribution in [2.45, 2.75) is 19.3 Å². The fourth-order valence-electron chi connectivity index (χ4n) is 6.51. The molecule has 0 unspecified atom stereocenters. The Labute approximate surface area is 208 Å². The molecule has 2 aromatic rings. The van der Waals surface area contributed by atoms with Crippen LogP contribution in [0.4, 0.5) is 11.4 Å². The van der Waals surface area contributed by atoms with Crippen LogP contribution in [0.5, 0.6) is 0 Å². The topological polar surface area (TPSA) is 60.9 Å². The highest BCUT2D eigenvalue weighted by Gasteiger charge is 2.61. The monoisotopic (exact) mass is 497 g/mol. The van der Waals surface area contributed by atoms with Gasteiger partial charge in [-0.1, -0.05) is 35.3 Å². The van der Waals surface area contributed by atoms with Crippen LogP contribution in [0.15, 0.2) is 42.5 Å². The fourth-order valence-corrected chi connectivity index (χ4v) is 6.96. The number of anilines is 2. The fraction of sp³-hybridized carbons (Fsp3) is 0.423. The molecule has 8 heteroatoms. The Morgan fingerprint density at radius 1 is 0.824 bits per heavy atom. The van der Waals surface area contributed by atoms with Crippen LogP contribution >= 0.6 is 23.2 Å². The number of nitrogens with zero attached hydrogens (tertiary/aromatic N) is 3. The summed E-state index contributed by atoms with van der Waals surface area (Å²) in [6.07, 6.45) is 3.05. The number of fused-ring (bicyclic) bond motifs is 5. The molecule has 2 saturated carbocycles. The van der Waals surface area contributed by atoms with Gasteiger partial charge in [-0.25, -0.2) is 0 Å². The molecule has 2 aliphatic heterocycles. The maximum Gasteiger partial charge on any atom is 0.255 e. The van der Waals surface area contributed by atoms with E-state index in [1.54, 1.807) is 23.1 Å². The van der Waals surface area contributed by atoms with Crippen molar-refractivity contribution in [1.29, 1.82) is 0 Å². The zero-order valence-electron chi connectivity index (χ0n) is 18.6. The number of carbonyl (C=O) groups excluding carboxylic acids is 3. The van der Waals surface area contributed by atoms with E-state index in [0.29, 0.717) is 59.3 Å². The van der Waals surface area contributed by atoms with E-state index in [2.05, 4.69) is 4.90 Å². The zero-order valence-corrected chi connectivity index (χ0v) is 20.1. The van der Waals surface area contributed by atoms with Crippen LogP contribution < -0.4 is 9.80 Å². The van der Waals surface area contributed by atoms with Crippen LogP contribution in [-0.4, -0.2) is 48.8 Å². The summed E-state index contributed by atoms with van der Waals surface area (Å²) in [7, 11) is 0. The summed E-state index contributed by atoms with van der Waals surface area (Å²) < 4.78 is 0. The minimum absolute atomic E-state index is 0.115. The first-order valence-electron chi connectivity index (χ1n) is 11.9. The van der Waals surface area contributed by atoms with Gasteiger partial charge in [-0.2, -0.15) is 0 Å². The number of benzene rings is 2. The van der Waals surface area contributed by atoms with Gasteiger partial charge in [0.05, 0.1) is 38.8 Å². The molecule has 0 radical (unpaired) electrons. The minimum atomic E-state index is -0.195. The molecule has 2 aliphatic carbocycles. The van der Waals surface area contributed by atoms with Gasteiger partial charge in [0.1, 0.15) is 0 Å². The van der Waals surface area contributed by atoms with Crippen LogP contribution in [-0.2, 0) is 9.59 Å². The summed E-state index contributed by atoms with van der Waals surface area (Å²) in [5.41, 5.74) is 1.74. The number of para-hydroxylation sites is 1. The first-order valence-corrected chi connectivity index (χ1v) is 12.7. The quantitative estimate of drug-likeness (QED) is 0.586. The summed E-state index contributed by atoms with van der Waals surface area (Å²) in [5, 5.41) is 1.01. The van der Waals surface area contributed by atoms with E-state index in [4.69, 9.17) is 23.2 Å². The molecular formula is C26H25Cl2N3O3. The molecule has 2 saturated heterocycles. The Balaban J connectivity index is 1.21. The number of carbonyl (C=O) groups is 3. The van der Waals surface area contributed by atoms with Crippen molar-refractivity contribution in [2.75, 3.05) is 36.0 Å². The predicted molar refractivity (Wildman–Crippen MR) is 131 cm³/mol. The molecule has 3 amide bonds. The number of hydrogen-bond donors (Lipinski definition) is 0. The average Bonchev–Trinajstić information content (AvgIpc) is 3.53. The largest absolute Gasteiger partial charge is 0.367 e. The third-order valence-corrected chi connectivity index (χ3v) is 8.78. The molecule has 0 aromatic heterocycles. The summed E-state index contributed by atoms with van der Waals surface area (Å²) in [6, 6.07) is 12.6. The van der Waals surface area contributed by atoms with E-state index in [0.717, 1.165) is 24.9 Å². The van der Waals surface area contributed by atoms with Gasteiger partial charge in [-0.15, -0.1) is 0 Å². The van der Waals surface area contributed by atoms with Crippen molar-refractivity contribution in [3.05, 3.63) is 58.1 Å². The van der Waals surface area contributed by atoms with Gasteiger partial charge in [0, 0.05) is 26.2 Å². The standard InChI is InChI=1S/C26H25Cl2N3O3/c27-19-8-7-17(31-25(33)22-15-5-6-16(13-15)23(22)26(31)34)14-18(19)24(32)30-11-9-29(10-12-30)21-4-2-1-3-20(21)28/h1-4,7-8,14-16,22-23H,5-6,9-13H2/t15-,16-,22-,23-/m0/s1. The van der Waals surface area contributed by atoms with Crippen LogP contribution in [0.25, 0.3) is 0 Å². The molecule has 4 aliphatic rings. The van der Waals surface area contributed by atoms with E-state index < -0.39 is 0 Å². The number of hydrogen-bond acceptors (Lipinski definition) is 4. The summed E-state index contributed by atoms with van der Waals surface area (Å²) in [4.78, 5) is 45.0. The molecule has 176 valence electrons. The van der Waals surface area contributed by atoms with E-state index in [-0.39, 0.29) is 29.6 Å². The lowest BCUT2D eigenvalue weighted by atomic mass is 9.81. The lowest BCUT2D eigenvalue weighted by molar-refractivity contribution is -0.123.